The van der Waals surface area contributed by atoms with E-state index in [0.29, 0.717) is 0 Å². The fourth-order valence-corrected chi connectivity index (χ4v) is 2.36. The molecule has 2 rings (SSSR count). The van der Waals surface area contributed by atoms with Crippen LogP contribution in [-0.2, 0) is 6.42 Å². The highest BCUT2D eigenvalue weighted by Gasteiger charge is 2.42. The van der Waals surface area contributed by atoms with Crippen molar-refractivity contribution in [2.24, 2.45) is 5.73 Å². The van der Waals surface area contributed by atoms with Crippen molar-refractivity contribution < 1.29 is 8.78 Å². The molecule has 0 heterocycles. The maximum atomic E-state index is 12.8. The highest BCUT2D eigenvalue weighted by molar-refractivity contribution is 5.37. The molecule has 0 radical (unpaired) electrons. The van der Waals surface area contributed by atoms with E-state index in [1.807, 2.05) is 24.3 Å². The molecular weight excluding hydrogens is 196 g/mol. The molecule has 3 heteroatoms. The number of hydrogen-bond donors (Lipinski definition) is 1. The number of nitrogens with two attached hydrogens (primary N) is 1. The van der Waals surface area contributed by atoms with Gasteiger partial charge < -0.3 is 5.73 Å². The number of hydrogen-bond acceptors (Lipinski definition) is 1. The summed E-state index contributed by atoms with van der Waals surface area (Å²) in [7, 11) is 0. The first-order valence-corrected chi connectivity index (χ1v) is 5.18. The van der Waals surface area contributed by atoms with Crippen LogP contribution in [0.15, 0.2) is 24.3 Å². The Morgan fingerprint density at radius 2 is 2.07 bits per heavy atom. The smallest absolute Gasteiger partial charge is 0.256 e. The van der Waals surface area contributed by atoms with Gasteiger partial charge in [-0.2, -0.15) is 0 Å². The van der Waals surface area contributed by atoms with Crippen LogP contribution in [0.4, 0.5) is 8.78 Å². The maximum absolute atomic E-state index is 12.8. The van der Waals surface area contributed by atoms with Gasteiger partial charge in [0.15, 0.2) is 0 Å². The van der Waals surface area contributed by atoms with Gasteiger partial charge in [-0.3, -0.25) is 0 Å². The molecule has 0 aromatic heterocycles. The Kier molecular flexibility index (Phi) is 2.51. The van der Waals surface area contributed by atoms with Gasteiger partial charge in [-0.15, -0.1) is 0 Å². The largest absolute Gasteiger partial charge is 0.320 e. The molecule has 82 valence electrons. The lowest BCUT2D eigenvalue weighted by atomic mass is 9.82. The Labute approximate surface area is 88.3 Å². The number of rotatable bonds is 2. The number of fused-ring (bicyclic) bond motifs is 1. The van der Waals surface area contributed by atoms with E-state index >= 15 is 0 Å². The first-order valence-electron chi connectivity index (χ1n) is 5.18. The minimum atomic E-state index is -2.48. The van der Waals surface area contributed by atoms with Gasteiger partial charge in [0.05, 0.1) is 5.54 Å². The van der Waals surface area contributed by atoms with Gasteiger partial charge in [-0.1, -0.05) is 24.3 Å². The van der Waals surface area contributed by atoms with Crippen molar-refractivity contribution in [1.82, 2.24) is 0 Å². The Morgan fingerprint density at radius 3 is 2.73 bits per heavy atom. The van der Waals surface area contributed by atoms with Crippen LogP contribution < -0.4 is 5.73 Å². The highest BCUT2D eigenvalue weighted by Crippen LogP contribution is 2.41. The summed E-state index contributed by atoms with van der Waals surface area (Å²) in [5.41, 5.74) is 6.49. The third-order valence-corrected chi connectivity index (χ3v) is 3.35. The minimum absolute atomic E-state index is 0.214. The average Bonchev–Trinajstić information content (AvgIpc) is 2.61. The maximum Gasteiger partial charge on any atom is 0.256 e. The second-order valence-corrected chi connectivity index (χ2v) is 4.46. The first kappa shape index (κ1) is 10.6. The zero-order valence-corrected chi connectivity index (χ0v) is 8.71. The fourth-order valence-electron chi connectivity index (χ4n) is 2.36. The van der Waals surface area contributed by atoms with Gasteiger partial charge in [-0.25, -0.2) is 8.78 Å². The molecule has 0 aliphatic heterocycles. The van der Waals surface area contributed by atoms with Crippen LogP contribution in [0.25, 0.3) is 0 Å². The predicted octanol–water partition coefficient (Wildman–Crippen LogP) is 2.70. The quantitative estimate of drug-likeness (QED) is 0.799. The van der Waals surface area contributed by atoms with Gasteiger partial charge in [0.2, 0.25) is 0 Å². The summed E-state index contributed by atoms with van der Waals surface area (Å²) in [6.45, 7) is 1.45. The third kappa shape index (κ3) is 1.65. The molecule has 0 bridgehead atoms. The molecule has 1 aromatic rings. The third-order valence-electron chi connectivity index (χ3n) is 3.35. The van der Waals surface area contributed by atoms with E-state index in [4.69, 9.17) is 5.73 Å². The van der Waals surface area contributed by atoms with Crippen LogP contribution in [0.2, 0.25) is 0 Å². The van der Waals surface area contributed by atoms with Gasteiger partial charge in [0.25, 0.3) is 6.43 Å². The molecule has 1 aromatic carbocycles. The average molecular weight is 211 g/mol. The van der Waals surface area contributed by atoms with Crippen LogP contribution in [0.3, 0.4) is 0 Å². The van der Waals surface area contributed by atoms with Crippen molar-refractivity contribution in [2.75, 3.05) is 0 Å². The standard InChI is InChI=1S/C12H15F2N/c1-12(15,11(13)14)10-7-6-8-4-2-3-5-9(8)10/h2-5,10-11H,6-7,15H2,1H3. The fraction of sp³-hybridized carbons (Fsp3) is 0.500. The zero-order chi connectivity index (χ0) is 11.1. The molecule has 0 fully saturated rings. The van der Waals surface area contributed by atoms with Gasteiger partial charge >= 0.3 is 0 Å². The van der Waals surface area contributed by atoms with Crippen molar-refractivity contribution in [1.29, 1.82) is 0 Å². The van der Waals surface area contributed by atoms with Crippen LogP contribution in [0.1, 0.15) is 30.4 Å². The molecule has 2 atom stereocenters. The molecule has 0 amide bonds. The van der Waals surface area contributed by atoms with E-state index in [1.165, 1.54) is 12.5 Å². The van der Waals surface area contributed by atoms with E-state index in [-0.39, 0.29) is 5.92 Å². The normalized spacial score (nSPS) is 23.9. The molecule has 0 spiro atoms. The van der Waals surface area contributed by atoms with Crippen molar-refractivity contribution >= 4 is 0 Å². The summed E-state index contributed by atoms with van der Waals surface area (Å²) < 4.78 is 25.7. The summed E-state index contributed by atoms with van der Waals surface area (Å²) in [6, 6.07) is 7.74. The SMILES string of the molecule is CC(N)(C(F)F)C1CCc2ccccc21. The molecule has 2 N–H and O–H groups in total. The molecule has 1 nitrogen and oxygen atoms in total. The summed E-state index contributed by atoms with van der Waals surface area (Å²) >= 11 is 0. The highest BCUT2D eigenvalue weighted by atomic mass is 19.3. The summed E-state index contributed by atoms with van der Waals surface area (Å²) in [6.07, 6.45) is -0.884. The van der Waals surface area contributed by atoms with Crippen molar-refractivity contribution in [3.63, 3.8) is 0 Å². The van der Waals surface area contributed by atoms with Crippen molar-refractivity contribution in [3.8, 4) is 0 Å². The molecule has 0 saturated carbocycles. The first-order chi connectivity index (χ1) is 7.03. The Morgan fingerprint density at radius 1 is 1.40 bits per heavy atom. The molecular formula is C12H15F2N. The van der Waals surface area contributed by atoms with E-state index in [1.54, 1.807) is 0 Å². The Balaban J connectivity index is 2.35. The summed E-state index contributed by atoms with van der Waals surface area (Å²) in [4.78, 5) is 0. The Bertz CT molecular complexity index is 360. The van der Waals surface area contributed by atoms with E-state index in [9.17, 15) is 8.78 Å². The topological polar surface area (TPSA) is 26.0 Å². The molecule has 2 unspecified atom stereocenters. The van der Waals surface area contributed by atoms with Crippen molar-refractivity contribution in [3.05, 3.63) is 35.4 Å². The lowest BCUT2D eigenvalue weighted by molar-refractivity contribution is 0.0478. The van der Waals surface area contributed by atoms with Gasteiger partial charge in [-0.05, 0) is 30.9 Å². The van der Waals surface area contributed by atoms with Crippen LogP contribution >= 0.6 is 0 Å². The number of aryl methyl sites for hydroxylation is 1. The summed E-state index contributed by atoms with van der Waals surface area (Å²) in [5.74, 6) is -0.214. The molecule has 15 heavy (non-hydrogen) atoms. The monoisotopic (exact) mass is 211 g/mol. The van der Waals surface area contributed by atoms with E-state index < -0.39 is 12.0 Å². The lowest BCUT2D eigenvalue weighted by Gasteiger charge is -2.31. The van der Waals surface area contributed by atoms with Crippen LogP contribution in [0.5, 0.6) is 0 Å². The second kappa shape index (κ2) is 3.56. The van der Waals surface area contributed by atoms with E-state index in [0.717, 1.165) is 18.4 Å². The minimum Gasteiger partial charge on any atom is -0.320 e. The van der Waals surface area contributed by atoms with Gasteiger partial charge in [0, 0.05) is 5.92 Å². The van der Waals surface area contributed by atoms with Gasteiger partial charge in [0.1, 0.15) is 0 Å². The number of alkyl halides is 2. The number of halogens is 2. The van der Waals surface area contributed by atoms with Crippen molar-refractivity contribution in [2.45, 2.75) is 37.6 Å². The zero-order valence-electron chi connectivity index (χ0n) is 8.71. The van der Waals surface area contributed by atoms with Crippen LogP contribution in [-0.4, -0.2) is 12.0 Å². The Hall–Kier alpha value is -0.960. The van der Waals surface area contributed by atoms with E-state index in [2.05, 4.69) is 0 Å². The second-order valence-electron chi connectivity index (χ2n) is 4.46. The predicted molar refractivity (Wildman–Crippen MR) is 56.1 cm³/mol. The number of benzene rings is 1. The molecule has 1 aliphatic rings. The lowest BCUT2D eigenvalue weighted by Crippen LogP contribution is -2.48. The molecule has 1 aliphatic carbocycles. The summed E-state index contributed by atoms with van der Waals surface area (Å²) in [5, 5.41) is 0. The molecule has 0 saturated heterocycles. The van der Waals surface area contributed by atoms with Crippen LogP contribution in [0, 0.1) is 0 Å².